The predicted molar refractivity (Wildman–Crippen MR) is 124 cm³/mol. The number of benzene rings is 3. The fourth-order valence-corrected chi connectivity index (χ4v) is 3.96. The lowest BCUT2D eigenvalue weighted by atomic mass is 10.1. The van der Waals surface area contributed by atoms with Gasteiger partial charge < -0.3 is 4.74 Å². The number of hydrazone groups is 1. The molecule has 0 aromatic heterocycles. The highest BCUT2D eigenvalue weighted by Crippen LogP contribution is 2.30. The van der Waals surface area contributed by atoms with Gasteiger partial charge in [-0.25, -0.2) is 8.42 Å². The van der Waals surface area contributed by atoms with Crippen LogP contribution in [0, 0.1) is 10.1 Å². The van der Waals surface area contributed by atoms with Crippen molar-refractivity contribution >= 4 is 33.3 Å². The standard InChI is InChI=1S/C22H22N4O5S/c1-3-16-8-10-17(11-9-16)15-23-24-19-13-12-18(14-21(19)26(27)28)32(29,30)25-20-6-4-5-7-22(20)31-2/h4-15,24-25H,3H2,1-2H3/b23-15+. The molecule has 0 saturated heterocycles. The van der Waals surface area contributed by atoms with Gasteiger partial charge in [0.1, 0.15) is 11.4 Å². The van der Waals surface area contributed by atoms with E-state index in [9.17, 15) is 18.5 Å². The lowest BCUT2D eigenvalue weighted by molar-refractivity contribution is -0.384. The van der Waals surface area contributed by atoms with Crippen LogP contribution in [-0.4, -0.2) is 26.7 Å². The molecule has 0 spiro atoms. The molecule has 0 radical (unpaired) electrons. The van der Waals surface area contributed by atoms with Crippen molar-refractivity contribution in [3.05, 3.63) is 88.0 Å². The number of aryl methyl sites for hydroxylation is 1. The van der Waals surface area contributed by atoms with Crippen LogP contribution in [0.5, 0.6) is 5.75 Å². The van der Waals surface area contributed by atoms with Gasteiger partial charge in [0.2, 0.25) is 0 Å². The van der Waals surface area contributed by atoms with Crippen LogP contribution < -0.4 is 14.9 Å². The highest BCUT2D eigenvalue weighted by atomic mass is 32.2. The molecule has 0 amide bonds. The van der Waals surface area contributed by atoms with Crippen molar-refractivity contribution in [3.8, 4) is 5.75 Å². The number of anilines is 2. The van der Waals surface area contributed by atoms with Crippen molar-refractivity contribution in [2.75, 3.05) is 17.3 Å². The molecule has 0 unspecified atom stereocenters. The molecular weight excluding hydrogens is 432 g/mol. The summed E-state index contributed by atoms with van der Waals surface area (Å²) in [5, 5.41) is 15.6. The normalized spacial score (nSPS) is 11.3. The van der Waals surface area contributed by atoms with Crippen LogP contribution >= 0.6 is 0 Å². The molecule has 0 aliphatic carbocycles. The zero-order chi connectivity index (χ0) is 23.1. The Morgan fingerprint density at radius 3 is 2.44 bits per heavy atom. The number of hydrogen-bond donors (Lipinski definition) is 2. The first-order valence-electron chi connectivity index (χ1n) is 9.66. The summed E-state index contributed by atoms with van der Waals surface area (Å²) in [5.74, 6) is 0.324. The number of rotatable bonds is 9. The van der Waals surface area contributed by atoms with Crippen LogP contribution in [0.25, 0.3) is 0 Å². The quantitative estimate of drug-likeness (QED) is 0.280. The molecule has 0 fully saturated rings. The maximum Gasteiger partial charge on any atom is 0.295 e. The minimum Gasteiger partial charge on any atom is -0.495 e. The SMILES string of the molecule is CCc1ccc(/C=N/Nc2ccc(S(=O)(=O)Nc3ccccc3OC)cc2[N+](=O)[O-])cc1. The molecule has 3 aromatic carbocycles. The van der Waals surface area contributed by atoms with E-state index in [1.54, 1.807) is 18.2 Å². The van der Waals surface area contributed by atoms with E-state index in [4.69, 9.17) is 4.74 Å². The second-order valence-corrected chi connectivity index (χ2v) is 8.39. The van der Waals surface area contributed by atoms with E-state index in [1.165, 1.54) is 37.1 Å². The first-order valence-corrected chi connectivity index (χ1v) is 11.1. The van der Waals surface area contributed by atoms with Gasteiger partial charge in [-0.15, -0.1) is 0 Å². The molecule has 0 aliphatic rings. The smallest absolute Gasteiger partial charge is 0.295 e. The maximum absolute atomic E-state index is 12.8. The van der Waals surface area contributed by atoms with E-state index >= 15 is 0 Å². The summed E-state index contributed by atoms with van der Waals surface area (Å²) in [6.45, 7) is 2.06. The number of para-hydroxylation sites is 2. The van der Waals surface area contributed by atoms with Gasteiger partial charge in [-0.2, -0.15) is 5.10 Å². The number of methoxy groups -OCH3 is 1. The molecule has 9 nitrogen and oxygen atoms in total. The van der Waals surface area contributed by atoms with Gasteiger partial charge in [-0.05, 0) is 41.8 Å². The van der Waals surface area contributed by atoms with Gasteiger partial charge in [0.15, 0.2) is 0 Å². The number of sulfonamides is 1. The summed E-state index contributed by atoms with van der Waals surface area (Å²) in [4.78, 5) is 10.6. The third-order valence-electron chi connectivity index (χ3n) is 4.61. The number of nitro benzene ring substituents is 1. The third kappa shape index (κ3) is 5.41. The molecule has 10 heteroatoms. The Morgan fingerprint density at radius 2 is 1.78 bits per heavy atom. The second kappa shape index (κ2) is 9.92. The highest BCUT2D eigenvalue weighted by molar-refractivity contribution is 7.92. The van der Waals surface area contributed by atoms with Crippen LogP contribution in [0.1, 0.15) is 18.1 Å². The summed E-state index contributed by atoms with van der Waals surface area (Å²) >= 11 is 0. The van der Waals surface area contributed by atoms with Crippen molar-refractivity contribution in [2.45, 2.75) is 18.2 Å². The van der Waals surface area contributed by atoms with Gasteiger partial charge in [0.05, 0.1) is 28.8 Å². The van der Waals surface area contributed by atoms with Gasteiger partial charge in [0, 0.05) is 6.07 Å². The minimum absolute atomic E-state index is 0.0627. The summed E-state index contributed by atoms with van der Waals surface area (Å²) in [6, 6.07) is 17.7. The van der Waals surface area contributed by atoms with Gasteiger partial charge in [-0.3, -0.25) is 20.3 Å². The Balaban J connectivity index is 1.83. The lowest BCUT2D eigenvalue weighted by Gasteiger charge is -2.12. The Labute approximate surface area is 185 Å². The molecule has 166 valence electrons. The summed E-state index contributed by atoms with van der Waals surface area (Å²) < 4.78 is 33.1. The molecule has 3 rings (SSSR count). The first kappa shape index (κ1) is 22.8. The Bertz CT molecular complexity index is 1240. The zero-order valence-electron chi connectivity index (χ0n) is 17.5. The number of ether oxygens (including phenoxy) is 1. The Kier molecular flexibility index (Phi) is 7.06. The first-order chi connectivity index (χ1) is 15.3. The van der Waals surface area contributed by atoms with Crippen molar-refractivity contribution < 1.29 is 18.1 Å². The Hall–Kier alpha value is -3.92. The third-order valence-corrected chi connectivity index (χ3v) is 5.98. The summed E-state index contributed by atoms with van der Waals surface area (Å²) in [7, 11) is -2.68. The average Bonchev–Trinajstić information content (AvgIpc) is 2.79. The average molecular weight is 455 g/mol. The zero-order valence-corrected chi connectivity index (χ0v) is 18.3. The van der Waals surface area contributed by atoms with Crippen LogP contribution in [0.4, 0.5) is 17.1 Å². The lowest BCUT2D eigenvalue weighted by Crippen LogP contribution is -2.14. The highest BCUT2D eigenvalue weighted by Gasteiger charge is 2.22. The van der Waals surface area contributed by atoms with E-state index < -0.39 is 20.6 Å². The van der Waals surface area contributed by atoms with Gasteiger partial charge in [0.25, 0.3) is 15.7 Å². The molecule has 0 saturated carbocycles. The van der Waals surface area contributed by atoms with E-state index in [1.807, 2.05) is 24.3 Å². The number of hydrogen-bond acceptors (Lipinski definition) is 7. The van der Waals surface area contributed by atoms with E-state index in [-0.39, 0.29) is 16.3 Å². The number of nitro groups is 1. The van der Waals surface area contributed by atoms with Crippen molar-refractivity contribution in [3.63, 3.8) is 0 Å². The maximum atomic E-state index is 12.8. The van der Waals surface area contributed by atoms with E-state index in [0.29, 0.717) is 5.75 Å². The van der Waals surface area contributed by atoms with Crippen molar-refractivity contribution in [2.24, 2.45) is 5.10 Å². The molecule has 0 aliphatic heterocycles. The van der Waals surface area contributed by atoms with Gasteiger partial charge >= 0.3 is 0 Å². The monoisotopic (exact) mass is 454 g/mol. The van der Waals surface area contributed by atoms with Crippen LogP contribution in [-0.2, 0) is 16.4 Å². The predicted octanol–water partition coefficient (Wildman–Crippen LogP) is 4.41. The van der Waals surface area contributed by atoms with Crippen molar-refractivity contribution in [1.82, 2.24) is 0 Å². The number of nitrogens with zero attached hydrogens (tertiary/aromatic N) is 2. The topological polar surface area (TPSA) is 123 Å². The van der Waals surface area contributed by atoms with Crippen LogP contribution in [0.15, 0.2) is 76.7 Å². The summed E-state index contributed by atoms with van der Waals surface area (Å²) in [6.07, 6.45) is 2.44. The molecule has 32 heavy (non-hydrogen) atoms. The summed E-state index contributed by atoms with van der Waals surface area (Å²) in [5.41, 5.74) is 4.47. The molecular formula is C22H22N4O5S. The Morgan fingerprint density at radius 1 is 1.06 bits per heavy atom. The molecule has 0 atom stereocenters. The van der Waals surface area contributed by atoms with Crippen molar-refractivity contribution in [1.29, 1.82) is 0 Å². The van der Waals surface area contributed by atoms with E-state index in [0.717, 1.165) is 18.1 Å². The van der Waals surface area contributed by atoms with Crippen LogP contribution in [0.2, 0.25) is 0 Å². The number of nitrogens with one attached hydrogen (secondary N) is 2. The molecule has 3 aromatic rings. The minimum atomic E-state index is -4.09. The molecule has 2 N–H and O–H groups in total. The fraction of sp³-hybridized carbons (Fsp3) is 0.136. The van der Waals surface area contributed by atoms with Gasteiger partial charge in [-0.1, -0.05) is 43.3 Å². The fourth-order valence-electron chi connectivity index (χ4n) is 2.87. The molecule has 0 bridgehead atoms. The largest absolute Gasteiger partial charge is 0.495 e. The van der Waals surface area contributed by atoms with Crippen LogP contribution in [0.3, 0.4) is 0 Å². The van der Waals surface area contributed by atoms with E-state index in [2.05, 4.69) is 22.2 Å². The molecule has 0 heterocycles. The second-order valence-electron chi connectivity index (χ2n) is 6.71.